The highest BCUT2D eigenvalue weighted by atomic mass is 16.5. The second-order valence-electron chi connectivity index (χ2n) is 6.00. The molecule has 25 heavy (non-hydrogen) atoms. The molecule has 0 radical (unpaired) electrons. The second kappa shape index (κ2) is 9.05. The van der Waals surface area contributed by atoms with Crippen molar-refractivity contribution in [1.82, 2.24) is 10.2 Å². The third-order valence-corrected chi connectivity index (χ3v) is 4.21. The summed E-state index contributed by atoms with van der Waals surface area (Å²) in [6.45, 7) is 4.18. The molecule has 1 saturated heterocycles. The van der Waals surface area contributed by atoms with Crippen LogP contribution in [0.2, 0.25) is 0 Å². The monoisotopic (exact) mass is 346 g/mol. The summed E-state index contributed by atoms with van der Waals surface area (Å²) in [6.07, 6.45) is 1.76. The molecule has 1 aliphatic heterocycles. The quantitative estimate of drug-likeness (QED) is 0.473. The number of hydrogen-bond donors (Lipinski definition) is 2. The minimum absolute atomic E-state index is 0.120. The maximum atomic E-state index is 12.0. The van der Waals surface area contributed by atoms with E-state index in [1.165, 1.54) is 0 Å². The highest BCUT2D eigenvalue weighted by Crippen LogP contribution is 2.18. The number of amides is 1. The molecule has 3 N–H and O–H groups in total. The van der Waals surface area contributed by atoms with Gasteiger partial charge < -0.3 is 20.7 Å². The fraction of sp³-hybridized carbons (Fsp3) is 0.500. The number of guanidine groups is 1. The first kappa shape index (κ1) is 18.8. The number of likely N-dealkylation sites (tertiary alicyclic amines) is 1. The average Bonchev–Trinajstić information content (AvgIpc) is 2.63. The minimum atomic E-state index is -0.445. The predicted molar refractivity (Wildman–Crippen MR) is 96.1 cm³/mol. The van der Waals surface area contributed by atoms with Gasteiger partial charge in [0.1, 0.15) is 0 Å². The molecule has 2 rings (SSSR count). The van der Waals surface area contributed by atoms with Crippen molar-refractivity contribution in [1.29, 1.82) is 0 Å². The summed E-state index contributed by atoms with van der Waals surface area (Å²) in [5.74, 6) is 0.0280. The van der Waals surface area contributed by atoms with Gasteiger partial charge in [-0.05, 0) is 37.5 Å². The fourth-order valence-corrected chi connectivity index (χ4v) is 2.97. The van der Waals surface area contributed by atoms with Gasteiger partial charge in [0.25, 0.3) is 0 Å². The molecule has 1 atom stereocenters. The fourth-order valence-electron chi connectivity index (χ4n) is 2.97. The first-order valence-corrected chi connectivity index (χ1v) is 8.56. The summed E-state index contributed by atoms with van der Waals surface area (Å²) in [4.78, 5) is 29.6. The molecule has 1 aromatic rings. The zero-order valence-electron chi connectivity index (χ0n) is 14.8. The average molecular weight is 346 g/mol. The molecule has 136 valence electrons. The van der Waals surface area contributed by atoms with Crippen LogP contribution in [-0.2, 0) is 16.1 Å². The first-order valence-electron chi connectivity index (χ1n) is 8.56. The number of primary amides is 1. The van der Waals surface area contributed by atoms with Gasteiger partial charge in [-0.25, -0.2) is 0 Å². The van der Waals surface area contributed by atoms with Crippen LogP contribution in [0, 0.1) is 5.92 Å². The van der Waals surface area contributed by atoms with Crippen molar-refractivity contribution in [2.24, 2.45) is 16.6 Å². The molecule has 7 nitrogen and oxygen atoms in total. The van der Waals surface area contributed by atoms with Crippen molar-refractivity contribution in [2.45, 2.75) is 26.3 Å². The number of carbonyl (C=O) groups is 2. The van der Waals surface area contributed by atoms with Crippen LogP contribution in [-0.4, -0.2) is 49.5 Å². The van der Waals surface area contributed by atoms with Crippen LogP contribution in [0.25, 0.3) is 0 Å². The van der Waals surface area contributed by atoms with E-state index in [1.54, 1.807) is 25.2 Å². The van der Waals surface area contributed by atoms with Gasteiger partial charge in [-0.15, -0.1) is 0 Å². The number of carbonyl (C=O) groups excluding carboxylic acids is 2. The van der Waals surface area contributed by atoms with Crippen LogP contribution >= 0.6 is 0 Å². The Morgan fingerprint density at radius 1 is 1.44 bits per heavy atom. The maximum absolute atomic E-state index is 12.0. The van der Waals surface area contributed by atoms with Gasteiger partial charge >= 0.3 is 5.97 Å². The smallest absolute Gasteiger partial charge is 0.310 e. The Kier molecular flexibility index (Phi) is 6.80. The number of esters is 1. The number of aliphatic imine (C=N–C) groups is 1. The van der Waals surface area contributed by atoms with Gasteiger partial charge in [-0.1, -0.05) is 12.1 Å². The second-order valence-corrected chi connectivity index (χ2v) is 6.00. The van der Waals surface area contributed by atoms with Crippen molar-refractivity contribution in [2.75, 3.05) is 26.7 Å². The van der Waals surface area contributed by atoms with Crippen LogP contribution in [0.3, 0.4) is 0 Å². The first-order chi connectivity index (χ1) is 12.0. The van der Waals surface area contributed by atoms with Crippen LogP contribution in [0.4, 0.5) is 0 Å². The Hall–Kier alpha value is -2.57. The summed E-state index contributed by atoms with van der Waals surface area (Å²) in [5.41, 5.74) is 6.74. The maximum Gasteiger partial charge on any atom is 0.310 e. The summed E-state index contributed by atoms with van der Waals surface area (Å²) in [6, 6.07) is 7.18. The zero-order chi connectivity index (χ0) is 18.2. The van der Waals surface area contributed by atoms with Crippen molar-refractivity contribution in [3.8, 4) is 0 Å². The molecule has 0 aromatic heterocycles. The number of hydrogen-bond acceptors (Lipinski definition) is 4. The molecule has 1 unspecified atom stereocenters. The van der Waals surface area contributed by atoms with E-state index in [9.17, 15) is 9.59 Å². The van der Waals surface area contributed by atoms with Gasteiger partial charge in [-0.3, -0.25) is 14.6 Å². The van der Waals surface area contributed by atoms with Gasteiger partial charge in [0.15, 0.2) is 5.96 Å². The Bertz CT molecular complexity index is 645. The minimum Gasteiger partial charge on any atom is -0.466 e. The van der Waals surface area contributed by atoms with Crippen molar-refractivity contribution < 1.29 is 14.3 Å². The van der Waals surface area contributed by atoms with Crippen molar-refractivity contribution in [3.63, 3.8) is 0 Å². The number of nitrogens with zero attached hydrogens (tertiary/aromatic N) is 2. The molecule has 1 heterocycles. The van der Waals surface area contributed by atoms with Gasteiger partial charge in [0.2, 0.25) is 5.91 Å². The van der Waals surface area contributed by atoms with Gasteiger partial charge in [0.05, 0.1) is 12.5 Å². The molecule has 0 aliphatic carbocycles. The Balaban J connectivity index is 1.97. The molecule has 1 aromatic carbocycles. The number of nitrogens with one attached hydrogen (secondary N) is 1. The van der Waals surface area contributed by atoms with Crippen molar-refractivity contribution >= 4 is 17.8 Å². The van der Waals surface area contributed by atoms with E-state index in [0.29, 0.717) is 25.3 Å². The normalized spacial score (nSPS) is 17.9. The van der Waals surface area contributed by atoms with Gasteiger partial charge in [0, 0.05) is 32.2 Å². The number of ether oxygens (including phenoxy) is 1. The number of benzene rings is 1. The molecule has 7 heteroatoms. The van der Waals surface area contributed by atoms with Crippen molar-refractivity contribution in [3.05, 3.63) is 35.4 Å². The van der Waals surface area contributed by atoms with Gasteiger partial charge in [-0.2, -0.15) is 0 Å². The summed E-state index contributed by atoms with van der Waals surface area (Å²) < 4.78 is 5.14. The Labute approximate surface area is 148 Å². The lowest BCUT2D eigenvalue weighted by Crippen LogP contribution is -2.48. The number of piperidine rings is 1. The van der Waals surface area contributed by atoms with E-state index in [2.05, 4.69) is 15.2 Å². The van der Waals surface area contributed by atoms with E-state index in [-0.39, 0.29) is 11.9 Å². The van der Waals surface area contributed by atoms with E-state index in [4.69, 9.17) is 10.5 Å². The summed E-state index contributed by atoms with van der Waals surface area (Å²) in [5, 5.41) is 3.28. The van der Waals surface area contributed by atoms with E-state index >= 15 is 0 Å². The van der Waals surface area contributed by atoms with E-state index < -0.39 is 5.91 Å². The van der Waals surface area contributed by atoms with Crippen LogP contribution in [0.1, 0.15) is 35.7 Å². The third-order valence-electron chi connectivity index (χ3n) is 4.21. The zero-order valence-corrected chi connectivity index (χ0v) is 14.8. The molecule has 1 amide bonds. The lowest BCUT2D eigenvalue weighted by Gasteiger charge is -2.34. The van der Waals surface area contributed by atoms with E-state index in [1.807, 2.05) is 13.0 Å². The summed E-state index contributed by atoms with van der Waals surface area (Å²) >= 11 is 0. The lowest BCUT2D eigenvalue weighted by atomic mass is 9.98. The standard InChI is InChI=1S/C18H26N4O3/c1-3-25-17(24)15-8-5-9-22(12-15)18(20-2)21-11-13-6-4-7-14(10-13)16(19)23/h4,6-7,10,15H,3,5,8-9,11-12H2,1-2H3,(H2,19,23)(H,20,21). The molecular formula is C18H26N4O3. The Morgan fingerprint density at radius 2 is 2.24 bits per heavy atom. The molecule has 1 fully saturated rings. The third kappa shape index (κ3) is 5.20. The summed E-state index contributed by atoms with van der Waals surface area (Å²) in [7, 11) is 1.72. The highest BCUT2D eigenvalue weighted by Gasteiger charge is 2.28. The largest absolute Gasteiger partial charge is 0.466 e. The molecule has 1 aliphatic rings. The molecule has 0 spiro atoms. The lowest BCUT2D eigenvalue weighted by molar-refractivity contribution is -0.149. The van der Waals surface area contributed by atoms with Crippen LogP contribution in [0.15, 0.2) is 29.3 Å². The van der Waals surface area contributed by atoms with Crippen LogP contribution in [0.5, 0.6) is 0 Å². The molecule has 0 bridgehead atoms. The molecule has 0 saturated carbocycles. The Morgan fingerprint density at radius 3 is 2.92 bits per heavy atom. The van der Waals surface area contributed by atoms with Crippen LogP contribution < -0.4 is 11.1 Å². The topological polar surface area (TPSA) is 97.0 Å². The number of nitrogens with two attached hydrogens (primary N) is 1. The highest BCUT2D eigenvalue weighted by molar-refractivity contribution is 5.92. The predicted octanol–water partition coefficient (Wildman–Crippen LogP) is 1.14. The SMILES string of the molecule is CCOC(=O)C1CCCN(C(=NC)NCc2cccc(C(N)=O)c2)C1. The number of rotatable bonds is 5. The van der Waals surface area contributed by atoms with E-state index in [0.717, 1.165) is 30.9 Å². The molecular weight excluding hydrogens is 320 g/mol.